The summed E-state index contributed by atoms with van der Waals surface area (Å²) in [6.07, 6.45) is 41.7. The molecule has 0 aliphatic heterocycles. The van der Waals surface area contributed by atoms with E-state index in [2.05, 4.69) is 55.6 Å². The lowest BCUT2D eigenvalue weighted by atomic mass is 10.1. The average Bonchev–Trinajstić information content (AvgIpc) is 3.07. The van der Waals surface area contributed by atoms with E-state index >= 15 is 0 Å². The second kappa shape index (κ2) is 34.2. The van der Waals surface area contributed by atoms with E-state index in [0.717, 1.165) is 64.2 Å². The lowest BCUT2D eigenvalue weighted by Gasteiger charge is -2.25. The van der Waals surface area contributed by atoms with E-state index in [0.29, 0.717) is 17.4 Å². The van der Waals surface area contributed by atoms with Gasteiger partial charge in [-0.3, -0.25) is 13.8 Å². The average molecular weight is 740 g/mol. The van der Waals surface area contributed by atoms with E-state index in [1.807, 2.05) is 27.2 Å². The third kappa shape index (κ3) is 36.6. The fourth-order valence-electron chi connectivity index (χ4n) is 5.46. The molecule has 0 rings (SSSR count). The molecule has 3 atom stereocenters. The number of aliphatic hydroxyl groups is 1. The summed E-state index contributed by atoms with van der Waals surface area (Å²) < 4.78 is 23.4. The number of carbonyl (C=O) groups excluding carboxylic acids is 1. The van der Waals surface area contributed by atoms with Crippen molar-refractivity contribution in [2.75, 3.05) is 40.9 Å². The van der Waals surface area contributed by atoms with Crippen molar-refractivity contribution in [3.8, 4) is 0 Å². The van der Waals surface area contributed by atoms with Crippen LogP contribution in [0.1, 0.15) is 162 Å². The third-order valence-electron chi connectivity index (χ3n) is 8.79. The van der Waals surface area contributed by atoms with Crippen molar-refractivity contribution in [1.29, 1.82) is 0 Å². The number of carbonyl (C=O) groups is 1. The number of likely N-dealkylation sites (N-methyl/N-ethyl adjacent to an activating group) is 1. The largest absolute Gasteiger partial charge is 0.472 e. The summed E-state index contributed by atoms with van der Waals surface area (Å²) in [6, 6.07) is -0.851. The van der Waals surface area contributed by atoms with Crippen molar-refractivity contribution in [2.45, 2.75) is 174 Å². The van der Waals surface area contributed by atoms with Crippen LogP contribution in [0.5, 0.6) is 0 Å². The van der Waals surface area contributed by atoms with Crippen LogP contribution in [-0.2, 0) is 18.4 Å². The highest BCUT2D eigenvalue weighted by molar-refractivity contribution is 7.47. The topological polar surface area (TPSA) is 105 Å². The molecule has 1 amide bonds. The Morgan fingerprint density at radius 1 is 0.667 bits per heavy atom. The van der Waals surface area contributed by atoms with Crippen LogP contribution in [0.25, 0.3) is 0 Å². The zero-order valence-corrected chi connectivity index (χ0v) is 34.5. The number of aliphatic hydroxyl groups excluding tert-OH is 1. The van der Waals surface area contributed by atoms with Crippen molar-refractivity contribution in [2.24, 2.45) is 0 Å². The molecule has 0 aromatic carbocycles. The first-order chi connectivity index (χ1) is 24.5. The molecule has 8 nitrogen and oxygen atoms in total. The van der Waals surface area contributed by atoms with Crippen LogP contribution in [0.3, 0.4) is 0 Å². The van der Waals surface area contributed by atoms with Crippen LogP contribution >= 0.6 is 7.82 Å². The predicted octanol–water partition coefficient (Wildman–Crippen LogP) is 10.9. The Kier molecular flexibility index (Phi) is 33.2. The van der Waals surface area contributed by atoms with Gasteiger partial charge in [0.2, 0.25) is 5.91 Å². The number of hydrogen-bond acceptors (Lipinski definition) is 5. The minimum Gasteiger partial charge on any atom is -0.387 e. The van der Waals surface area contributed by atoms with Gasteiger partial charge in [-0.05, 0) is 57.8 Å². The number of nitrogens with one attached hydrogen (secondary N) is 1. The van der Waals surface area contributed by atoms with Crippen molar-refractivity contribution in [3.63, 3.8) is 0 Å². The molecular weight excluding hydrogens is 659 g/mol. The maximum Gasteiger partial charge on any atom is 0.472 e. The maximum absolute atomic E-state index is 12.8. The first kappa shape index (κ1) is 49.5. The van der Waals surface area contributed by atoms with Crippen molar-refractivity contribution in [3.05, 3.63) is 48.6 Å². The molecule has 0 saturated heterocycles. The quantitative estimate of drug-likeness (QED) is 0.0256. The van der Waals surface area contributed by atoms with E-state index < -0.39 is 20.0 Å². The molecule has 0 heterocycles. The highest BCUT2D eigenvalue weighted by atomic mass is 31.2. The fourth-order valence-corrected chi connectivity index (χ4v) is 6.19. The Labute approximate surface area is 314 Å². The number of nitrogens with zero attached hydrogens (tertiary/aromatic N) is 1. The van der Waals surface area contributed by atoms with Crippen molar-refractivity contribution >= 4 is 13.7 Å². The van der Waals surface area contributed by atoms with E-state index in [4.69, 9.17) is 9.05 Å². The summed E-state index contributed by atoms with van der Waals surface area (Å²) in [7, 11) is 1.55. The highest BCUT2D eigenvalue weighted by Gasteiger charge is 2.27. The SMILES string of the molecule is CCCCC/C=C\C/C=C\C/C=C\CCCCCCCCC(=O)NC(COP(=O)(O)OCC[N+](C)(C)C)C(O)/C=C/CCCCCCCCCC. The summed E-state index contributed by atoms with van der Waals surface area (Å²) in [5, 5.41) is 13.7. The molecule has 0 aliphatic carbocycles. The number of rotatable bonds is 36. The lowest BCUT2D eigenvalue weighted by Crippen LogP contribution is -2.45. The second-order valence-corrected chi connectivity index (χ2v) is 16.5. The molecule has 0 spiro atoms. The minimum absolute atomic E-state index is 0.0568. The van der Waals surface area contributed by atoms with E-state index in [1.165, 1.54) is 77.0 Å². The highest BCUT2D eigenvalue weighted by Crippen LogP contribution is 2.43. The minimum atomic E-state index is -4.33. The summed E-state index contributed by atoms with van der Waals surface area (Å²) in [5.41, 5.74) is 0. The summed E-state index contributed by atoms with van der Waals surface area (Å²) in [5.74, 6) is -0.194. The molecule has 0 aromatic rings. The van der Waals surface area contributed by atoms with E-state index in [-0.39, 0.29) is 19.1 Å². The van der Waals surface area contributed by atoms with Gasteiger partial charge in [0.05, 0.1) is 39.9 Å². The Hall–Kier alpha value is -1.54. The van der Waals surface area contributed by atoms with Crippen LogP contribution in [0, 0.1) is 0 Å². The summed E-state index contributed by atoms with van der Waals surface area (Å²) in [6.45, 7) is 4.73. The standard InChI is InChI=1S/C42H79N2O6P/c1-6-8-10-12-14-16-18-19-20-21-22-23-24-25-26-28-30-32-34-36-42(46)43-40(39-50-51(47,48)49-38-37-44(3,4)5)41(45)35-33-31-29-27-17-15-13-11-9-7-2/h14,16,19-20,22-23,33,35,40-41,45H,6-13,15,17-18,21,24-32,34,36-39H2,1-5H3,(H-,43,46,47,48)/p+1/b16-14-,20-19-,23-22-,35-33+. The zero-order valence-electron chi connectivity index (χ0n) is 33.6. The Morgan fingerprint density at radius 3 is 1.67 bits per heavy atom. The van der Waals surface area contributed by atoms with Crippen LogP contribution in [0.15, 0.2) is 48.6 Å². The van der Waals surface area contributed by atoms with Gasteiger partial charge in [-0.15, -0.1) is 0 Å². The molecule has 0 aliphatic rings. The molecule has 9 heteroatoms. The van der Waals surface area contributed by atoms with Gasteiger partial charge in [0.1, 0.15) is 13.2 Å². The number of unbranched alkanes of at least 4 members (excludes halogenated alkanes) is 17. The number of phosphoric ester groups is 1. The normalized spacial score (nSPS) is 15.0. The fraction of sp³-hybridized carbons (Fsp3) is 0.786. The zero-order chi connectivity index (χ0) is 37.9. The lowest BCUT2D eigenvalue weighted by molar-refractivity contribution is -0.870. The van der Waals surface area contributed by atoms with Gasteiger partial charge in [-0.1, -0.05) is 146 Å². The van der Waals surface area contributed by atoms with Crippen LogP contribution < -0.4 is 5.32 Å². The van der Waals surface area contributed by atoms with Gasteiger partial charge in [0, 0.05) is 6.42 Å². The van der Waals surface area contributed by atoms with Crippen LogP contribution in [0.2, 0.25) is 0 Å². The van der Waals surface area contributed by atoms with Gasteiger partial charge in [0.15, 0.2) is 0 Å². The molecule has 0 aromatic heterocycles. The van der Waals surface area contributed by atoms with Crippen LogP contribution in [0.4, 0.5) is 0 Å². The first-order valence-corrected chi connectivity index (χ1v) is 22.0. The molecule has 0 saturated carbocycles. The molecular formula is C42H80N2O6P+. The monoisotopic (exact) mass is 740 g/mol. The van der Waals surface area contributed by atoms with Gasteiger partial charge >= 0.3 is 7.82 Å². The number of hydrogen-bond donors (Lipinski definition) is 3. The number of phosphoric acid groups is 1. The third-order valence-corrected chi connectivity index (χ3v) is 9.78. The van der Waals surface area contributed by atoms with Gasteiger partial charge in [0.25, 0.3) is 0 Å². The molecule has 3 N–H and O–H groups in total. The molecule has 0 radical (unpaired) electrons. The van der Waals surface area contributed by atoms with Gasteiger partial charge in [-0.2, -0.15) is 0 Å². The Bertz CT molecular complexity index is 975. The number of quaternary nitrogens is 1. The predicted molar refractivity (Wildman–Crippen MR) is 217 cm³/mol. The van der Waals surface area contributed by atoms with Crippen molar-refractivity contribution in [1.82, 2.24) is 5.32 Å². The molecule has 0 bridgehead atoms. The smallest absolute Gasteiger partial charge is 0.387 e. The Balaban J connectivity index is 4.44. The number of amides is 1. The summed E-state index contributed by atoms with van der Waals surface area (Å²) in [4.78, 5) is 23.0. The van der Waals surface area contributed by atoms with Gasteiger partial charge in [-0.25, -0.2) is 4.57 Å². The molecule has 298 valence electrons. The number of allylic oxidation sites excluding steroid dienone is 7. The first-order valence-electron chi connectivity index (χ1n) is 20.5. The Morgan fingerprint density at radius 2 is 1.12 bits per heavy atom. The summed E-state index contributed by atoms with van der Waals surface area (Å²) >= 11 is 0. The van der Waals surface area contributed by atoms with E-state index in [1.54, 1.807) is 6.08 Å². The van der Waals surface area contributed by atoms with Crippen molar-refractivity contribution < 1.29 is 32.9 Å². The second-order valence-electron chi connectivity index (χ2n) is 15.0. The van der Waals surface area contributed by atoms with Gasteiger partial charge < -0.3 is 19.8 Å². The van der Waals surface area contributed by atoms with E-state index in [9.17, 15) is 19.4 Å². The molecule has 3 unspecified atom stereocenters. The van der Waals surface area contributed by atoms with Crippen LogP contribution in [-0.4, -0.2) is 73.4 Å². The molecule has 0 fully saturated rings. The maximum atomic E-state index is 12.8. The molecule has 51 heavy (non-hydrogen) atoms.